The summed E-state index contributed by atoms with van der Waals surface area (Å²) in [7, 11) is 0. The van der Waals surface area contributed by atoms with E-state index in [1.165, 1.54) is 11.4 Å². The smallest absolute Gasteiger partial charge is 0.145 e. The van der Waals surface area contributed by atoms with Gasteiger partial charge in [-0.05, 0) is 19.3 Å². The van der Waals surface area contributed by atoms with Gasteiger partial charge in [0.25, 0.3) is 0 Å². The van der Waals surface area contributed by atoms with E-state index in [-0.39, 0.29) is 0 Å². The van der Waals surface area contributed by atoms with Gasteiger partial charge in [0.2, 0.25) is 0 Å². The average Bonchev–Trinajstić information content (AvgIpc) is 2.84. The molecule has 2 heterocycles. The van der Waals surface area contributed by atoms with Crippen LogP contribution in [0, 0.1) is 0 Å². The van der Waals surface area contributed by atoms with Crippen molar-refractivity contribution in [2.24, 2.45) is 0 Å². The third-order valence-electron chi connectivity index (χ3n) is 3.04. The van der Waals surface area contributed by atoms with Crippen molar-refractivity contribution in [2.75, 3.05) is 5.73 Å². The maximum absolute atomic E-state index is 5.60. The van der Waals surface area contributed by atoms with E-state index in [1.807, 2.05) is 6.07 Å². The Balaban J connectivity index is 1.87. The summed E-state index contributed by atoms with van der Waals surface area (Å²) in [5, 5.41) is 6.95. The van der Waals surface area contributed by atoms with Gasteiger partial charge in [0.1, 0.15) is 5.82 Å². The predicted molar refractivity (Wildman–Crippen MR) is 56.4 cm³/mol. The fourth-order valence-electron chi connectivity index (χ4n) is 2.23. The van der Waals surface area contributed by atoms with Crippen LogP contribution in [0.3, 0.4) is 0 Å². The molecule has 1 atom stereocenters. The van der Waals surface area contributed by atoms with Crippen LogP contribution in [0.1, 0.15) is 29.4 Å². The van der Waals surface area contributed by atoms with E-state index in [0.717, 1.165) is 25.0 Å². The quantitative estimate of drug-likeness (QED) is 0.646. The minimum Gasteiger partial charge on any atom is -0.382 e. The minimum atomic E-state index is 0.489. The Morgan fingerprint density at radius 2 is 2.40 bits per heavy atom. The van der Waals surface area contributed by atoms with Gasteiger partial charge in [-0.1, -0.05) is 0 Å². The van der Waals surface area contributed by atoms with Crippen molar-refractivity contribution < 1.29 is 0 Å². The van der Waals surface area contributed by atoms with Crippen molar-refractivity contribution in [2.45, 2.75) is 25.2 Å². The van der Waals surface area contributed by atoms with Crippen molar-refractivity contribution in [3.8, 4) is 0 Å². The summed E-state index contributed by atoms with van der Waals surface area (Å²) in [5.41, 5.74) is 9.19. The van der Waals surface area contributed by atoms with Crippen LogP contribution in [0.25, 0.3) is 0 Å². The molecule has 0 amide bonds. The molecule has 0 bridgehead atoms. The number of nitrogens with one attached hydrogen (secondary N) is 2. The Labute approximate surface area is 87.1 Å². The fraction of sp³-hybridized carbons (Fsp3) is 0.400. The van der Waals surface area contributed by atoms with E-state index in [0.29, 0.717) is 11.7 Å². The van der Waals surface area contributed by atoms with Crippen LogP contribution < -0.4 is 5.73 Å². The summed E-state index contributed by atoms with van der Waals surface area (Å²) in [6, 6.07) is 1.92. The molecule has 0 saturated carbocycles. The Hall–Kier alpha value is -1.78. The third-order valence-corrected chi connectivity index (χ3v) is 3.04. The molecule has 0 spiro atoms. The molecule has 78 valence electrons. The molecule has 2 aromatic heterocycles. The molecule has 15 heavy (non-hydrogen) atoms. The number of rotatable bonds is 1. The highest BCUT2D eigenvalue weighted by atomic mass is 15.2. The largest absolute Gasteiger partial charge is 0.382 e. The lowest BCUT2D eigenvalue weighted by Gasteiger charge is -2.19. The number of imidazole rings is 1. The number of hydrogen-bond donors (Lipinski definition) is 3. The third kappa shape index (κ3) is 1.40. The van der Waals surface area contributed by atoms with Crippen LogP contribution in [0.15, 0.2) is 12.4 Å². The van der Waals surface area contributed by atoms with E-state index in [4.69, 9.17) is 5.73 Å². The number of fused-ring (bicyclic) bond motifs is 1. The van der Waals surface area contributed by atoms with Gasteiger partial charge < -0.3 is 10.7 Å². The van der Waals surface area contributed by atoms with Crippen molar-refractivity contribution in [3.05, 3.63) is 29.5 Å². The second-order valence-electron chi connectivity index (χ2n) is 4.02. The topological polar surface area (TPSA) is 83.4 Å². The SMILES string of the molecule is Nc1cc(C2CCc3nc[nH]c3C2)[nH]n1. The summed E-state index contributed by atoms with van der Waals surface area (Å²) in [6.45, 7) is 0. The van der Waals surface area contributed by atoms with Crippen LogP contribution in [-0.4, -0.2) is 20.2 Å². The molecule has 0 aromatic carbocycles. The van der Waals surface area contributed by atoms with Crippen LogP contribution in [0.4, 0.5) is 5.82 Å². The normalized spacial score (nSPS) is 20.1. The number of aryl methyl sites for hydroxylation is 1. The lowest BCUT2D eigenvalue weighted by Crippen LogP contribution is -2.13. The van der Waals surface area contributed by atoms with Crippen molar-refractivity contribution in [3.63, 3.8) is 0 Å². The molecule has 1 unspecified atom stereocenters. The van der Waals surface area contributed by atoms with Crippen LogP contribution >= 0.6 is 0 Å². The first-order chi connectivity index (χ1) is 7.33. The molecule has 0 fully saturated rings. The van der Waals surface area contributed by atoms with Crippen molar-refractivity contribution in [1.82, 2.24) is 20.2 Å². The molecule has 3 rings (SSSR count). The number of nitrogens with zero attached hydrogens (tertiary/aromatic N) is 2. The Bertz CT molecular complexity index is 470. The van der Waals surface area contributed by atoms with Gasteiger partial charge >= 0.3 is 0 Å². The molecule has 4 N–H and O–H groups in total. The molecule has 2 aromatic rings. The first-order valence-electron chi connectivity index (χ1n) is 5.15. The average molecular weight is 203 g/mol. The predicted octanol–water partition coefficient (Wildman–Crippen LogP) is 0.987. The summed E-state index contributed by atoms with van der Waals surface area (Å²) in [5.74, 6) is 1.06. The summed E-state index contributed by atoms with van der Waals surface area (Å²) in [4.78, 5) is 7.47. The molecule has 0 aliphatic heterocycles. The van der Waals surface area contributed by atoms with Gasteiger partial charge in [0.15, 0.2) is 0 Å². The molecule has 1 aliphatic carbocycles. The summed E-state index contributed by atoms with van der Waals surface area (Å²) in [6.07, 6.45) is 4.91. The Kier molecular flexibility index (Phi) is 1.77. The lowest BCUT2D eigenvalue weighted by atomic mass is 9.87. The zero-order valence-electron chi connectivity index (χ0n) is 8.33. The molecule has 5 nitrogen and oxygen atoms in total. The number of nitrogen functional groups attached to an aromatic ring is 1. The highest BCUT2D eigenvalue weighted by molar-refractivity contribution is 5.32. The minimum absolute atomic E-state index is 0.489. The van der Waals surface area contributed by atoms with Crippen molar-refractivity contribution >= 4 is 5.82 Å². The molecular formula is C10H13N5. The Morgan fingerprint density at radius 3 is 3.20 bits per heavy atom. The monoisotopic (exact) mass is 203 g/mol. The molecular weight excluding hydrogens is 190 g/mol. The van der Waals surface area contributed by atoms with E-state index in [2.05, 4.69) is 20.2 Å². The first kappa shape index (κ1) is 8.52. The highest BCUT2D eigenvalue weighted by Crippen LogP contribution is 2.30. The number of aromatic nitrogens is 4. The number of H-pyrrole nitrogens is 2. The van der Waals surface area contributed by atoms with Gasteiger partial charge in [-0.2, -0.15) is 5.10 Å². The molecule has 0 saturated heterocycles. The zero-order valence-corrected chi connectivity index (χ0v) is 8.33. The fourth-order valence-corrected chi connectivity index (χ4v) is 2.23. The van der Waals surface area contributed by atoms with Gasteiger partial charge in [0.05, 0.1) is 12.0 Å². The van der Waals surface area contributed by atoms with Gasteiger partial charge in [-0.3, -0.25) is 5.10 Å². The summed E-state index contributed by atoms with van der Waals surface area (Å²) >= 11 is 0. The standard InChI is InChI=1S/C10H13N5/c11-10-4-8(14-15-10)6-1-2-7-9(3-6)13-5-12-7/h4-6H,1-3H2,(H,12,13)(H3,11,14,15). The number of aromatic amines is 2. The lowest BCUT2D eigenvalue weighted by molar-refractivity contribution is 0.558. The number of nitrogens with two attached hydrogens (primary N) is 1. The second kappa shape index (κ2) is 3.12. The van der Waals surface area contributed by atoms with Gasteiger partial charge in [-0.25, -0.2) is 4.98 Å². The van der Waals surface area contributed by atoms with Crippen molar-refractivity contribution in [1.29, 1.82) is 0 Å². The number of anilines is 1. The number of hydrogen-bond acceptors (Lipinski definition) is 3. The first-order valence-corrected chi connectivity index (χ1v) is 5.15. The van der Waals surface area contributed by atoms with E-state index >= 15 is 0 Å². The summed E-state index contributed by atoms with van der Waals surface area (Å²) < 4.78 is 0. The van der Waals surface area contributed by atoms with Crippen LogP contribution in [0.5, 0.6) is 0 Å². The van der Waals surface area contributed by atoms with E-state index in [1.54, 1.807) is 6.33 Å². The van der Waals surface area contributed by atoms with E-state index in [9.17, 15) is 0 Å². The van der Waals surface area contributed by atoms with Gasteiger partial charge in [0, 0.05) is 23.4 Å². The molecule has 1 aliphatic rings. The Morgan fingerprint density at radius 1 is 1.47 bits per heavy atom. The second-order valence-corrected chi connectivity index (χ2v) is 4.02. The molecule has 5 heteroatoms. The van der Waals surface area contributed by atoms with Crippen LogP contribution in [-0.2, 0) is 12.8 Å². The van der Waals surface area contributed by atoms with Crippen LogP contribution in [0.2, 0.25) is 0 Å². The maximum Gasteiger partial charge on any atom is 0.145 e. The zero-order chi connectivity index (χ0) is 10.3. The highest BCUT2D eigenvalue weighted by Gasteiger charge is 2.22. The molecule has 0 radical (unpaired) electrons. The maximum atomic E-state index is 5.60. The van der Waals surface area contributed by atoms with E-state index < -0.39 is 0 Å². The van der Waals surface area contributed by atoms with Gasteiger partial charge in [-0.15, -0.1) is 0 Å².